The SMILES string of the molecule is COc1ccc2cc(C(=O)N3CCC([C@H](C)C(=O)NCCN4CCOCC4)CC3)[nH]c2c1. The van der Waals surface area contributed by atoms with Crippen LogP contribution in [0.2, 0.25) is 0 Å². The summed E-state index contributed by atoms with van der Waals surface area (Å²) in [6.07, 6.45) is 1.69. The number of amides is 2. The van der Waals surface area contributed by atoms with E-state index in [2.05, 4.69) is 15.2 Å². The highest BCUT2D eigenvalue weighted by molar-refractivity contribution is 5.98. The highest BCUT2D eigenvalue weighted by Crippen LogP contribution is 2.27. The molecule has 2 aliphatic rings. The van der Waals surface area contributed by atoms with Crippen LogP contribution in [-0.2, 0) is 9.53 Å². The Morgan fingerprint density at radius 2 is 1.94 bits per heavy atom. The van der Waals surface area contributed by atoms with Gasteiger partial charge in [0.05, 0.1) is 20.3 Å². The van der Waals surface area contributed by atoms with Crippen LogP contribution in [0.5, 0.6) is 5.75 Å². The molecule has 3 heterocycles. The molecule has 2 N–H and O–H groups in total. The summed E-state index contributed by atoms with van der Waals surface area (Å²) in [5.74, 6) is 1.15. The third-order valence-corrected chi connectivity index (χ3v) is 6.84. The Morgan fingerprint density at radius 3 is 2.66 bits per heavy atom. The quantitative estimate of drug-likeness (QED) is 0.686. The van der Waals surface area contributed by atoms with Crippen molar-refractivity contribution in [2.75, 3.05) is 59.6 Å². The number of carbonyl (C=O) groups excluding carboxylic acids is 2. The van der Waals surface area contributed by atoms with Crippen molar-refractivity contribution in [3.63, 3.8) is 0 Å². The molecule has 4 rings (SSSR count). The van der Waals surface area contributed by atoms with Crippen LogP contribution in [0.25, 0.3) is 10.9 Å². The van der Waals surface area contributed by atoms with Crippen molar-refractivity contribution in [3.05, 3.63) is 30.0 Å². The first kappa shape index (κ1) is 22.6. The predicted octanol–water partition coefficient (Wildman–Crippen LogP) is 2.11. The summed E-state index contributed by atoms with van der Waals surface area (Å²) in [4.78, 5) is 33.1. The number of hydrogen-bond donors (Lipinski definition) is 2. The third kappa shape index (κ3) is 5.24. The molecule has 32 heavy (non-hydrogen) atoms. The monoisotopic (exact) mass is 442 g/mol. The summed E-state index contributed by atoms with van der Waals surface area (Å²) in [5, 5.41) is 4.09. The van der Waals surface area contributed by atoms with E-state index in [1.165, 1.54) is 0 Å². The summed E-state index contributed by atoms with van der Waals surface area (Å²) in [7, 11) is 1.63. The second-order valence-electron chi connectivity index (χ2n) is 8.80. The number of nitrogens with one attached hydrogen (secondary N) is 2. The Bertz CT molecular complexity index is 929. The van der Waals surface area contributed by atoms with Gasteiger partial charge in [0, 0.05) is 62.2 Å². The lowest BCUT2D eigenvalue weighted by molar-refractivity contribution is -0.126. The van der Waals surface area contributed by atoms with Crippen molar-refractivity contribution in [2.24, 2.45) is 11.8 Å². The molecule has 1 aromatic heterocycles. The second kappa shape index (κ2) is 10.4. The number of rotatable bonds is 7. The van der Waals surface area contributed by atoms with Crippen LogP contribution in [0.4, 0.5) is 0 Å². The minimum absolute atomic E-state index is 0.0150. The van der Waals surface area contributed by atoms with Crippen molar-refractivity contribution in [1.29, 1.82) is 0 Å². The molecule has 1 atom stereocenters. The van der Waals surface area contributed by atoms with Gasteiger partial charge in [-0.2, -0.15) is 0 Å². The lowest BCUT2D eigenvalue weighted by atomic mass is 9.84. The largest absolute Gasteiger partial charge is 0.497 e. The summed E-state index contributed by atoms with van der Waals surface area (Å²) in [5.41, 5.74) is 1.49. The van der Waals surface area contributed by atoms with Crippen LogP contribution in [0.1, 0.15) is 30.3 Å². The number of aromatic amines is 1. The van der Waals surface area contributed by atoms with Crippen LogP contribution in [0.15, 0.2) is 24.3 Å². The maximum Gasteiger partial charge on any atom is 0.270 e. The number of fused-ring (bicyclic) bond motifs is 1. The number of hydrogen-bond acceptors (Lipinski definition) is 5. The van der Waals surface area contributed by atoms with Crippen LogP contribution >= 0.6 is 0 Å². The molecule has 2 saturated heterocycles. The molecule has 1 aromatic carbocycles. The van der Waals surface area contributed by atoms with Gasteiger partial charge in [0.2, 0.25) is 5.91 Å². The highest BCUT2D eigenvalue weighted by atomic mass is 16.5. The van der Waals surface area contributed by atoms with Crippen LogP contribution in [0, 0.1) is 11.8 Å². The Morgan fingerprint density at radius 1 is 1.19 bits per heavy atom. The van der Waals surface area contributed by atoms with Crippen LogP contribution in [0.3, 0.4) is 0 Å². The van der Waals surface area contributed by atoms with E-state index >= 15 is 0 Å². The van der Waals surface area contributed by atoms with Crippen molar-refractivity contribution < 1.29 is 19.1 Å². The zero-order valence-electron chi connectivity index (χ0n) is 19.1. The molecule has 0 bridgehead atoms. The molecule has 8 nitrogen and oxygen atoms in total. The lowest BCUT2D eigenvalue weighted by Crippen LogP contribution is -2.45. The Balaban J connectivity index is 1.24. The fraction of sp³-hybridized carbons (Fsp3) is 0.583. The summed E-state index contributed by atoms with van der Waals surface area (Å²) in [6, 6.07) is 7.64. The number of nitrogens with zero attached hydrogens (tertiary/aromatic N) is 2. The predicted molar refractivity (Wildman–Crippen MR) is 123 cm³/mol. The molecule has 0 radical (unpaired) electrons. The minimum atomic E-state index is -0.0440. The first-order chi connectivity index (χ1) is 15.5. The molecule has 2 aromatic rings. The van der Waals surface area contributed by atoms with Crippen molar-refractivity contribution in [3.8, 4) is 5.75 Å². The molecule has 2 aliphatic heterocycles. The number of piperidine rings is 1. The van der Waals surface area contributed by atoms with Crippen LogP contribution in [-0.4, -0.2) is 86.2 Å². The number of likely N-dealkylation sites (tertiary alicyclic amines) is 1. The van der Waals surface area contributed by atoms with E-state index in [4.69, 9.17) is 9.47 Å². The standard InChI is InChI=1S/C24H34N4O4/c1-17(23(29)25-7-10-27-11-13-32-14-12-27)18-5-8-28(9-6-18)24(30)22-15-19-3-4-20(31-2)16-21(19)26-22/h3-4,15-18,26H,5-14H2,1-2H3,(H,25,29)/t17-/m0/s1. The molecule has 0 spiro atoms. The van der Waals surface area contributed by atoms with E-state index in [-0.39, 0.29) is 17.7 Å². The number of H-pyrrole nitrogens is 1. The average Bonchev–Trinajstić information content (AvgIpc) is 3.27. The molecule has 2 amide bonds. The number of ether oxygens (including phenoxy) is 2. The smallest absolute Gasteiger partial charge is 0.270 e. The average molecular weight is 443 g/mol. The number of methoxy groups -OCH3 is 1. The van der Waals surface area contributed by atoms with Crippen molar-refractivity contribution in [2.45, 2.75) is 19.8 Å². The van der Waals surface area contributed by atoms with E-state index in [9.17, 15) is 9.59 Å². The lowest BCUT2D eigenvalue weighted by Gasteiger charge is -2.34. The molecular weight excluding hydrogens is 408 g/mol. The van der Waals surface area contributed by atoms with Gasteiger partial charge in [0.1, 0.15) is 11.4 Å². The van der Waals surface area contributed by atoms with Crippen molar-refractivity contribution >= 4 is 22.7 Å². The highest BCUT2D eigenvalue weighted by Gasteiger charge is 2.30. The molecule has 8 heteroatoms. The first-order valence-electron chi connectivity index (χ1n) is 11.6. The number of morpholine rings is 1. The zero-order valence-corrected chi connectivity index (χ0v) is 19.1. The van der Waals surface area contributed by atoms with E-state index in [0.29, 0.717) is 31.2 Å². The van der Waals surface area contributed by atoms with Gasteiger partial charge in [-0.3, -0.25) is 14.5 Å². The molecule has 2 fully saturated rings. The molecular formula is C24H34N4O4. The molecule has 0 saturated carbocycles. The zero-order chi connectivity index (χ0) is 22.5. The van der Waals surface area contributed by atoms with Gasteiger partial charge in [-0.15, -0.1) is 0 Å². The van der Waals surface area contributed by atoms with Gasteiger partial charge >= 0.3 is 0 Å². The normalized spacial score (nSPS) is 19.1. The topological polar surface area (TPSA) is 86.9 Å². The summed E-state index contributed by atoms with van der Waals surface area (Å²) >= 11 is 0. The molecule has 0 unspecified atom stereocenters. The van der Waals surface area contributed by atoms with Crippen molar-refractivity contribution in [1.82, 2.24) is 20.1 Å². The Hall–Kier alpha value is -2.58. The van der Waals surface area contributed by atoms with E-state index in [1.807, 2.05) is 36.1 Å². The van der Waals surface area contributed by atoms with E-state index in [1.54, 1.807) is 7.11 Å². The number of carbonyl (C=O) groups is 2. The fourth-order valence-corrected chi connectivity index (χ4v) is 4.66. The summed E-state index contributed by atoms with van der Waals surface area (Å²) in [6.45, 7) is 8.31. The van der Waals surface area contributed by atoms with Gasteiger partial charge in [0.15, 0.2) is 0 Å². The second-order valence-corrected chi connectivity index (χ2v) is 8.80. The third-order valence-electron chi connectivity index (χ3n) is 6.84. The van der Waals surface area contributed by atoms with E-state index < -0.39 is 0 Å². The maximum atomic E-state index is 13.0. The van der Waals surface area contributed by atoms with Gasteiger partial charge in [-0.1, -0.05) is 6.92 Å². The maximum absolute atomic E-state index is 13.0. The molecule has 0 aliphatic carbocycles. The minimum Gasteiger partial charge on any atom is -0.497 e. The van der Waals surface area contributed by atoms with E-state index in [0.717, 1.165) is 62.3 Å². The Kier molecular flexibility index (Phi) is 7.32. The van der Waals surface area contributed by atoms with Crippen LogP contribution < -0.4 is 10.1 Å². The van der Waals surface area contributed by atoms with Gasteiger partial charge in [0.25, 0.3) is 5.91 Å². The van der Waals surface area contributed by atoms with Gasteiger partial charge in [-0.25, -0.2) is 0 Å². The summed E-state index contributed by atoms with van der Waals surface area (Å²) < 4.78 is 10.6. The van der Waals surface area contributed by atoms with Gasteiger partial charge < -0.3 is 24.7 Å². The van der Waals surface area contributed by atoms with Gasteiger partial charge in [-0.05, 0) is 37.0 Å². The number of benzene rings is 1. The Labute approximate surface area is 189 Å². The molecule has 174 valence electrons. The first-order valence-corrected chi connectivity index (χ1v) is 11.6. The fourth-order valence-electron chi connectivity index (χ4n) is 4.66. The number of aromatic nitrogens is 1.